The largest absolute Gasteiger partial charge is 0.497 e. The molecule has 0 aliphatic carbocycles. The molecule has 0 fully saturated rings. The van der Waals surface area contributed by atoms with E-state index in [1.54, 1.807) is 7.11 Å². The Morgan fingerprint density at radius 2 is 1.17 bits per heavy atom. The van der Waals surface area contributed by atoms with Gasteiger partial charge in [-0.3, -0.25) is 0 Å². The van der Waals surface area contributed by atoms with Crippen LogP contribution in [-0.2, 0) is 0 Å². The third-order valence-electron chi connectivity index (χ3n) is 4.05. The monoisotopic (exact) mass is 320 g/mol. The summed E-state index contributed by atoms with van der Waals surface area (Å²) < 4.78 is 5.28. The summed E-state index contributed by atoms with van der Waals surface area (Å²) >= 11 is 0. The Bertz CT molecular complexity index is 683. The molecule has 0 aliphatic heterocycles. The van der Waals surface area contributed by atoms with Crippen LogP contribution >= 0.6 is 7.92 Å². The molecule has 0 saturated heterocycles. The van der Waals surface area contributed by atoms with Gasteiger partial charge in [-0.2, -0.15) is 0 Å². The highest BCUT2D eigenvalue weighted by Crippen LogP contribution is 2.49. The molecule has 1 unspecified atom stereocenters. The van der Waals surface area contributed by atoms with Crippen molar-refractivity contribution in [3.8, 4) is 5.75 Å². The Hall–Kier alpha value is -2.11. The van der Waals surface area contributed by atoms with Crippen molar-refractivity contribution in [3.63, 3.8) is 0 Å². The van der Waals surface area contributed by atoms with Crippen molar-refractivity contribution in [2.75, 3.05) is 7.11 Å². The van der Waals surface area contributed by atoms with Crippen LogP contribution in [0.4, 0.5) is 0 Å². The van der Waals surface area contributed by atoms with Crippen LogP contribution < -0.4 is 15.3 Å². The minimum absolute atomic E-state index is 0.443. The van der Waals surface area contributed by atoms with Crippen LogP contribution in [0.15, 0.2) is 84.9 Å². The second kappa shape index (κ2) is 7.44. The van der Waals surface area contributed by atoms with Gasteiger partial charge in [0.05, 0.1) is 7.11 Å². The van der Waals surface area contributed by atoms with E-state index in [0.717, 1.165) is 5.75 Å². The van der Waals surface area contributed by atoms with Crippen molar-refractivity contribution < 1.29 is 4.74 Å². The lowest BCUT2D eigenvalue weighted by atomic mass is 10.1. The van der Waals surface area contributed by atoms with Gasteiger partial charge in [-0.25, -0.2) is 0 Å². The van der Waals surface area contributed by atoms with E-state index in [9.17, 15) is 0 Å². The molecule has 0 aliphatic rings. The summed E-state index contributed by atoms with van der Waals surface area (Å²) in [6.45, 7) is 2.33. The third-order valence-corrected chi connectivity index (χ3v) is 6.84. The fraction of sp³-hybridized carbons (Fsp3) is 0.143. The summed E-state index contributed by atoms with van der Waals surface area (Å²) in [5.41, 5.74) is 1.80. The van der Waals surface area contributed by atoms with Gasteiger partial charge < -0.3 is 4.74 Å². The minimum Gasteiger partial charge on any atom is -0.497 e. The van der Waals surface area contributed by atoms with Gasteiger partial charge >= 0.3 is 0 Å². The second-order valence-corrected chi connectivity index (χ2v) is 8.04. The summed E-state index contributed by atoms with van der Waals surface area (Å²) in [7, 11) is 1.26. The van der Waals surface area contributed by atoms with Crippen molar-refractivity contribution in [1.82, 2.24) is 0 Å². The quantitative estimate of drug-likeness (QED) is 0.608. The van der Waals surface area contributed by atoms with E-state index in [-0.39, 0.29) is 0 Å². The van der Waals surface area contributed by atoms with Crippen LogP contribution in [0.2, 0.25) is 0 Å². The van der Waals surface area contributed by atoms with Gasteiger partial charge in [-0.1, -0.05) is 79.7 Å². The lowest BCUT2D eigenvalue weighted by Crippen LogP contribution is -2.15. The van der Waals surface area contributed by atoms with E-state index in [2.05, 4.69) is 91.9 Å². The van der Waals surface area contributed by atoms with Gasteiger partial charge in [0.1, 0.15) is 5.75 Å². The highest BCUT2D eigenvalue weighted by atomic mass is 31.1. The fourth-order valence-corrected chi connectivity index (χ4v) is 5.45. The molecule has 1 nitrogen and oxygen atoms in total. The third kappa shape index (κ3) is 3.63. The first-order valence-corrected chi connectivity index (χ1v) is 9.24. The van der Waals surface area contributed by atoms with Gasteiger partial charge in [0, 0.05) is 5.66 Å². The molecule has 2 heteroatoms. The number of hydrogen-bond acceptors (Lipinski definition) is 1. The average molecular weight is 320 g/mol. The molecule has 0 heterocycles. The molecule has 0 aromatic heterocycles. The van der Waals surface area contributed by atoms with Gasteiger partial charge in [-0.05, 0) is 36.2 Å². The summed E-state index contributed by atoms with van der Waals surface area (Å²) in [6.07, 6.45) is 0. The van der Waals surface area contributed by atoms with E-state index in [4.69, 9.17) is 4.74 Å². The molecule has 0 saturated carbocycles. The number of ether oxygens (including phenoxy) is 1. The van der Waals surface area contributed by atoms with Gasteiger partial charge in [-0.15, -0.1) is 0 Å². The van der Waals surface area contributed by atoms with E-state index in [1.807, 2.05) is 0 Å². The van der Waals surface area contributed by atoms with Gasteiger partial charge in [0.2, 0.25) is 0 Å². The van der Waals surface area contributed by atoms with Crippen molar-refractivity contribution in [2.24, 2.45) is 0 Å². The summed E-state index contributed by atoms with van der Waals surface area (Å²) in [6, 6.07) is 30.2. The van der Waals surface area contributed by atoms with Crippen molar-refractivity contribution >= 4 is 18.5 Å². The van der Waals surface area contributed by atoms with Crippen LogP contribution in [0.5, 0.6) is 5.75 Å². The summed E-state index contributed by atoms with van der Waals surface area (Å²) in [5, 5.41) is 2.83. The lowest BCUT2D eigenvalue weighted by Gasteiger charge is -2.26. The highest BCUT2D eigenvalue weighted by Gasteiger charge is 2.22. The topological polar surface area (TPSA) is 9.23 Å². The summed E-state index contributed by atoms with van der Waals surface area (Å²) in [5.74, 6) is 0.907. The Labute approximate surface area is 139 Å². The SMILES string of the molecule is COc1ccc(C(C)P(c2ccccc2)c2ccccc2)cc1. The van der Waals surface area contributed by atoms with Gasteiger partial charge in [0.15, 0.2) is 0 Å². The van der Waals surface area contributed by atoms with E-state index < -0.39 is 7.92 Å². The summed E-state index contributed by atoms with van der Waals surface area (Å²) in [4.78, 5) is 0. The van der Waals surface area contributed by atoms with Crippen molar-refractivity contribution in [1.29, 1.82) is 0 Å². The Kier molecular flexibility index (Phi) is 5.10. The standard InChI is InChI=1S/C21H21OP/c1-17(18-13-15-19(22-2)16-14-18)23(20-9-5-3-6-10-20)21-11-7-4-8-12-21/h3-17H,1-2H3. The zero-order valence-electron chi connectivity index (χ0n) is 13.5. The predicted molar refractivity (Wildman–Crippen MR) is 100 cm³/mol. The molecule has 0 amide bonds. The zero-order valence-corrected chi connectivity index (χ0v) is 14.4. The Morgan fingerprint density at radius 1 is 0.696 bits per heavy atom. The molecular formula is C21H21OP. The van der Waals surface area contributed by atoms with E-state index in [1.165, 1.54) is 16.2 Å². The number of benzene rings is 3. The molecule has 3 aromatic rings. The van der Waals surface area contributed by atoms with E-state index >= 15 is 0 Å². The molecule has 3 aromatic carbocycles. The molecule has 1 atom stereocenters. The van der Waals surface area contributed by atoms with Crippen LogP contribution in [-0.4, -0.2) is 7.11 Å². The van der Waals surface area contributed by atoms with E-state index in [0.29, 0.717) is 5.66 Å². The number of rotatable bonds is 5. The van der Waals surface area contributed by atoms with Gasteiger partial charge in [0.25, 0.3) is 0 Å². The van der Waals surface area contributed by atoms with Crippen LogP contribution in [0.1, 0.15) is 18.1 Å². The van der Waals surface area contributed by atoms with Crippen molar-refractivity contribution in [3.05, 3.63) is 90.5 Å². The molecule has 0 N–H and O–H groups in total. The fourth-order valence-electron chi connectivity index (χ4n) is 2.80. The molecule has 0 spiro atoms. The molecule has 0 bridgehead atoms. The van der Waals surface area contributed by atoms with Crippen LogP contribution in [0.3, 0.4) is 0 Å². The average Bonchev–Trinajstić information content (AvgIpc) is 2.64. The molecule has 3 rings (SSSR count). The molecular weight excluding hydrogens is 299 g/mol. The normalized spacial score (nSPS) is 12.1. The first-order chi connectivity index (χ1) is 11.3. The smallest absolute Gasteiger partial charge is 0.118 e. The number of hydrogen-bond donors (Lipinski definition) is 0. The maximum Gasteiger partial charge on any atom is 0.118 e. The molecule has 0 radical (unpaired) electrons. The maximum atomic E-state index is 5.28. The Morgan fingerprint density at radius 3 is 1.61 bits per heavy atom. The molecule has 116 valence electrons. The van der Waals surface area contributed by atoms with Crippen LogP contribution in [0.25, 0.3) is 0 Å². The maximum absolute atomic E-state index is 5.28. The van der Waals surface area contributed by atoms with Crippen molar-refractivity contribution in [2.45, 2.75) is 12.6 Å². The minimum atomic E-state index is -0.443. The van der Waals surface area contributed by atoms with Crippen LogP contribution in [0, 0.1) is 0 Å². The Balaban J connectivity index is 2.00. The second-order valence-electron chi connectivity index (χ2n) is 5.49. The lowest BCUT2D eigenvalue weighted by molar-refractivity contribution is 0.414. The first kappa shape index (κ1) is 15.8. The first-order valence-electron chi connectivity index (χ1n) is 7.83. The molecule has 23 heavy (non-hydrogen) atoms. The highest BCUT2D eigenvalue weighted by molar-refractivity contribution is 7.73. The predicted octanol–water partition coefficient (Wildman–Crippen LogP) is 4.89. The number of methoxy groups -OCH3 is 1. The zero-order chi connectivity index (χ0) is 16.1.